The molecule has 8 heteroatoms. The summed E-state index contributed by atoms with van der Waals surface area (Å²) in [7, 11) is 0. The van der Waals surface area contributed by atoms with Gasteiger partial charge in [0.2, 0.25) is 11.0 Å². The molecular weight excluding hydrogens is 328 g/mol. The highest BCUT2D eigenvalue weighted by atomic mass is 32.1. The molecule has 2 rings (SSSR count). The highest BCUT2D eigenvalue weighted by molar-refractivity contribution is 7.15. The highest BCUT2D eigenvalue weighted by Crippen LogP contribution is 2.16. The summed E-state index contributed by atoms with van der Waals surface area (Å²) in [6, 6.07) is 6.76. The van der Waals surface area contributed by atoms with Gasteiger partial charge in [-0.2, -0.15) is 0 Å². The van der Waals surface area contributed by atoms with Crippen molar-refractivity contribution < 1.29 is 14.3 Å². The summed E-state index contributed by atoms with van der Waals surface area (Å²) < 4.78 is 4.92. The molecule has 1 aromatic carbocycles. The maximum Gasteiger partial charge on any atom is 0.338 e. The van der Waals surface area contributed by atoms with E-state index in [2.05, 4.69) is 27.8 Å². The number of nitrogens with one attached hydrogen (secondary N) is 2. The number of carbonyl (C=O) groups is 2. The number of rotatable bonds is 8. The molecule has 0 atom stereocenters. The average Bonchev–Trinajstić information content (AvgIpc) is 3.01. The first-order valence-corrected chi connectivity index (χ1v) is 8.57. The number of aromatic nitrogens is 2. The molecule has 2 N–H and O–H groups in total. The van der Waals surface area contributed by atoms with Crippen molar-refractivity contribution in [2.75, 3.05) is 23.8 Å². The van der Waals surface area contributed by atoms with Crippen LogP contribution >= 0.6 is 11.3 Å². The number of amides is 1. The molecule has 0 aliphatic rings. The molecule has 0 spiro atoms. The van der Waals surface area contributed by atoms with Crippen LogP contribution < -0.4 is 10.6 Å². The van der Waals surface area contributed by atoms with E-state index in [1.807, 2.05) is 0 Å². The molecule has 0 saturated heterocycles. The minimum absolute atomic E-state index is 0.0987. The van der Waals surface area contributed by atoms with Gasteiger partial charge in [-0.1, -0.05) is 18.3 Å². The Kier molecular flexibility index (Phi) is 6.68. The Morgan fingerprint density at radius 1 is 1.17 bits per heavy atom. The molecule has 0 unspecified atom stereocenters. The van der Waals surface area contributed by atoms with Gasteiger partial charge in [0.05, 0.1) is 18.7 Å². The molecular formula is C16H20N4O3S. The van der Waals surface area contributed by atoms with Crippen LogP contribution in [0.15, 0.2) is 24.3 Å². The molecule has 0 aliphatic heterocycles. The van der Waals surface area contributed by atoms with E-state index in [0.717, 1.165) is 23.5 Å². The molecule has 1 heterocycles. The lowest BCUT2D eigenvalue weighted by Gasteiger charge is -2.07. The second-order valence-corrected chi connectivity index (χ2v) is 6.01. The van der Waals surface area contributed by atoms with Crippen molar-refractivity contribution in [3.05, 3.63) is 34.8 Å². The molecule has 0 radical (unpaired) electrons. The van der Waals surface area contributed by atoms with Crippen LogP contribution in [0.1, 0.15) is 35.6 Å². The largest absolute Gasteiger partial charge is 0.462 e. The summed E-state index contributed by atoms with van der Waals surface area (Å²) in [4.78, 5) is 23.5. The molecule has 1 aromatic heterocycles. The molecule has 0 aliphatic carbocycles. The van der Waals surface area contributed by atoms with Crippen molar-refractivity contribution in [2.24, 2.45) is 0 Å². The Morgan fingerprint density at radius 3 is 2.58 bits per heavy atom. The summed E-state index contributed by atoms with van der Waals surface area (Å²) in [5.74, 6) is -0.565. The van der Waals surface area contributed by atoms with Gasteiger partial charge in [-0.3, -0.25) is 10.1 Å². The molecule has 1 amide bonds. The Bertz CT molecular complexity index is 685. The number of ether oxygens (including phenoxy) is 1. The molecule has 24 heavy (non-hydrogen) atoms. The monoisotopic (exact) mass is 348 g/mol. The Labute approximate surface area is 144 Å². The van der Waals surface area contributed by atoms with E-state index in [1.54, 1.807) is 31.2 Å². The van der Waals surface area contributed by atoms with Crippen molar-refractivity contribution in [3.63, 3.8) is 0 Å². The zero-order chi connectivity index (χ0) is 17.4. The fraction of sp³-hybridized carbons (Fsp3) is 0.375. The van der Waals surface area contributed by atoms with Crippen molar-refractivity contribution in [2.45, 2.75) is 26.7 Å². The van der Waals surface area contributed by atoms with Gasteiger partial charge in [-0.05, 0) is 37.6 Å². The average molecular weight is 348 g/mol. The van der Waals surface area contributed by atoms with Crippen molar-refractivity contribution >= 4 is 34.0 Å². The van der Waals surface area contributed by atoms with Crippen LogP contribution in [0.2, 0.25) is 0 Å². The van der Waals surface area contributed by atoms with Crippen LogP contribution in [-0.4, -0.2) is 35.2 Å². The second-order valence-electron chi connectivity index (χ2n) is 4.95. The summed E-state index contributed by atoms with van der Waals surface area (Å²) in [6.45, 7) is 4.26. The minimum Gasteiger partial charge on any atom is -0.462 e. The van der Waals surface area contributed by atoms with Gasteiger partial charge < -0.3 is 10.1 Å². The van der Waals surface area contributed by atoms with E-state index in [1.165, 1.54) is 11.3 Å². The first kappa shape index (κ1) is 17.9. The zero-order valence-corrected chi connectivity index (χ0v) is 14.5. The van der Waals surface area contributed by atoms with E-state index in [4.69, 9.17) is 4.74 Å². The lowest BCUT2D eigenvalue weighted by Crippen LogP contribution is -2.21. The summed E-state index contributed by atoms with van der Waals surface area (Å²) in [5, 5.41) is 15.1. The van der Waals surface area contributed by atoms with Gasteiger partial charge in [0.25, 0.3) is 0 Å². The molecule has 0 bridgehead atoms. The second kappa shape index (κ2) is 8.97. The Hall–Kier alpha value is -2.48. The Balaban J connectivity index is 1.81. The van der Waals surface area contributed by atoms with Gasteiger partial charge in [0, 0.05) is 12.1 Å². The van der Waals surface area contributed by atoms with Crippen LogP contribution in [0.5, 0.6) is 0 Å². The predicted octanol–water partition coefficient (Wildman–Crippen LogP) is 2.72. The maximum atomic E-state index is 11.9. The lowest BCUT2D eigenvalue weighted by molar-refractivity contribution is -0.114. The van der Waals surface area contributed by atoms with Crippen LogP contribution in [0.3, 0.4) is 0 Å². The van der Waals surface area contributed by atoms with E-state index >= 15 is 0 Å². The van der Waals surface area contributed by atoms with Crippen LogP contribution in [0, 0.1) is 0 Å². The summed E-state index contributed by atoms with van der Waals surface area (Å²) >= 11 is 1.38. The fourth-order valence-electron chi connectivity index (χ4n) is 1.90. The number of hydrogen-bond donors (Lipinski definition) is 2. The number of aryl methyl sites for hydroxylation is 1. The van der Waals surface area contributed by atoms with Crippen molar-refractivity contribution in [3.8, 4) is 0 Å². The van der Waals surface area contributed by atoms with Gasteiger partial charge >= 0.3 is 5.97 Å². The van der Waals surface area contributed by atoms with Crippen LogP contribution in [0.25, 0.3) is 0 Å². The van der Waals surface area contributed by atoms with E-state index in [9.17, 15) is 9.59 Å². The Morgan fingerprint density at radius 2 is 1.92 bits per heavy atom. The molecule has 0 fully saturated rings. The standard InChI is InChI=1S/C16H20N4O3S/c1-3-5-14-19-20-16(24-14)18-13(21)10-17-12-8-6-11(7-9-12)15(22)23-4-2/h6-9,17H,3-5,10H2,1-2H3,(H,18,20,21). The fourth-order valence-corrected chi connectivity index (χ4v) is 2.76. The highest BCUT2D eigenvalue weighted by Gasteiger charge is 2.09. The van der Waals surface area contributed by atoms with E-state index in [0.29, 0.717) is 17.3 Å². The number of hydrogen-bond acceptors (Lipinski definition) is 7. The predicted molar refractivity (Wildman–Crippen MR) is 93.4 cm³/mol. The summed E-state index contributed by atoms with van der Waals surface area (Å²) in [6.07, 6.45) is 1.85. The van der Waals surface area contributed by atoms with Crippen molar-refractivity contribution in [1.29, 1.82) is 0 Å². The normalized spacial score (nSPS) is 10.2. The SMILES string of the molecule is CCCc1nnc(NC(=O)CNc2ccc(C(=O)OCC)cc2)s1. The van der Waals surface area contributed by atoms with Crippen LogP contribution in [-0.2, 0) is 16.0 Å². The van der Waals surface area contributed by atoms with Gasteiger partial charge in [-0.15, -0.1) is 10.2 Å². The van der Waals surface area contributed by atoms with E-state index < -0.39 is 0 Å². The van der Waals surface area contributed by atoms with Crippen molar-refractivity contribution in [1.82, 2.24) is 10.2 Å². The first-order valence-electron chi connectivity index (χ1n) is 7.75. The number of esters is 1. The van der Waals surface area contributed by atoms with Gasteiger partial charge in [0.1, 0.15) is 5.01 Å². The molecule has 128 valence electrons. The van der Waals surface area contributed by atoms with Crippen LogP contribution in [0.4, 0.5) is 10.8 Å². The molecule has 0 saturated carbocycles. The third-order valence-electron chi connectivity index (χ3n) is 3.03. The topological polar surface area (TPSA) is 93.2 Å². The zero-order valence-electron chi connectivity index (χ0n) is 13.7. The number of anilines is 2. The third-order valence-corrected chi connectivity index (χ3v) is 3.92. The lowest BCUT2D eigenvalue weighted by atomic mass is 10.2. The van der Waals surface area contributed by atoms with Gasteiger partial charge in [0.15, 0.2) is 0 Å². The minimum atomic E-state index is -0.360. The number of benzene rings is 1. The number of nitrogens with zero attached hydrogens (tertiary/aromatic N) is 2. The van der Waals surface area contributed by atoms with Gasteiger partial charge in [-0.25, -0.2) is 4.79 Å². The molecule has 7 nitrogen and oxygen atoms in total. The smallest absolute Gasteiger partial charge is 0.338 e. The quantitative estimate of drug-likeness (QED) is 0.713. The maximum absolute atomic E-state index is 11.9. The van der Waals surface area contributed by atoms with E-state index in [-0.39, 0.29) is 18.4 Å². The third kappa shape index (κ3) is 5.31. The number of carbonyl (C=O) groups excluding carboxylic acids is 2. The molecule has 2 aromatic rings. The first-order chi connectivity index (χ1) is 11.6. The summed E-state index contributed by atoms with van der Waals surface area (Å²) in [5.41, 5.74) is 1.21.